The molecule has 2 heterocycles. The molecule has 1 aliphatic rings. The second kappa shape index (κ2) is 7.99. The van der Waals surface area contributed by atoms with E-state index in [4.69, 9.17) is 4.42 Å². The first-order valence-electron chi connectivity index (χ1n) is 8.44. The maximum Gasteiger partial charge on any atom is 0.287 e. The Kier molecular flexibility index (Phi) is 5.74. The molecule has 1 saturated heterocycles. The van der Waals surface area contributed by atoms with Crippen LogP contribution in [-0.2, 0) is 13.1 Å². The van der Waals surface area contributed by atoms with Gasteiger partial charge in [-0.25, -0.2) is 0 Å². The fourth-order valence-corrected chi connectivity index (χ4v) is 3.56. The van der Waals surface area contributed by atoms with Gasteiger partial charge in [0.05, 0.1) is 0 Å². The number of amides is 1. The zero-order chi connectivity index (χ0) is 16.9. The number of nitrogens with one attached hydrogen (secondary N) is 1. The van der Waals surface area contributed by atoms with Crippen LogP contribution >= 0.6 is 15.9 Å². The predicted octanol–water partition coefficient (Wildman–Crippen LogP) is 4.20. The zero-order valence-electron chi connectivity index (χ0n) is 13.9. The summed E-state index contributed by atoms with van der Waals surface area (Å²) >= 11 is 3.22. The fraction of sp³-hybridized carbons (Fsp3) is 0.421. The normalized spacial score (nSPS) is 18.5. The van der Waals surface area contributed by atoms with Crippen LogP contribution in [0.2, 0.25) is 0 Å². The molecule has 0 spiro atoms. The summed E-state index contributed by atoms with van der Waals surface area (Å²) in [6.45, 7) is 6.09. The number of benzene rings is 1. The smallest absolute Gasteiger partial charge is 0.287 e. The van der Waals surface area contributed by atoms with Crippen LogP contribution in [0.3, 0.4) is 0 Å². The van der Waals surface area contributed by atoms with Gasteiger partial charge in [-0.2, -0.15) is 0 Å². The SMILES string of the molecule is CC1CCCN(Cc2ccccc2CNC(=O)c2ccc(Br)o2)C1. The first kappa shape index (κ1) is 17.2. The third kappa shape index (κ3) is 4.48. The molecular formula is C19H23BrN2O2. The highest BCUT2D eigenvalue weighted by Crippen LogP contribution is 2.20. The lowest BCUT2D eigenvalue weighted by Crippen LogP contribution is -2.34. The van der Waals surface area contributed by atoms with Crippen LogP contribution < -0.4 is 5.32 Å². The number of likely N-dealkylation sites (tertiary alicyclic amines) is 1. The summed E-state index contributed by atoms with van der Waals surface area (Å²) in [4.78, 5) is 14.7. The van der Waals surface area contributed by atoms with Crippen molar-refractivity contribution in [3.63, 3.8) is 0 Å². The quantitative estimate of drug-likeness (QED) is 0.831. The lowest BCUT2D eigenvalue weighted by Gasteiger charge is -2.31. The summed E-state index contributed by atoms with van der Waals surface area (Å²) in [6.07, 6.45) is 2.60. The maximum absolute atomic E-state index is 12.1. The van der Waals surface area contributed by atoms with Crippen molar-refractivity contribution in [3.05, 3.63) is 58.0 Å². The van der Waals surface area contributed by atoms with Gasteiger partial charge in [-0.05, 0) is 64.5 Å². The van der Waals surface area contributed by atoms with Gasteiger partial charge < -0.3 is 9.73 Å². The molecule has 2 aromatic rings. The molecule has 0 bridgehead atoms. The molecule has 1 aromatic carbocycles. The molecule has 1 N–H and O–H groups in total. The summed E-state index contributed by atoms with van der Waals surface area (Å²) in [6, 6.07) is 11.7. The molecule has 5 heteroatoms. The molecule has 1 aromatic heterocycles. The summed E-state index contributed by atoms with van der Waals surface area (Å²) in [5, 5.41) is 2.94. The maximum atomic E-state index is 12.1. The Labute approximate surface area is 151 Å². The summed E-state index contributed by atoms with van der Waals surface area (Å²) in [5.41, 5.74) is 2.45. The van der Waals surface area contributed by atoms with Crippen molar-refractivity contribution in [2.75, 3.05) is 13.1 Å². The number of furan rings is 1. The topological polar surface area (TPSA) is 45.5 Å². The molecule has 1 atom stereocenters. The monoisotopic (exact) mass is 390 g/mol. The van der Waals surface area contributed by atoms with Crippen LogP contribution in [0.15, 0.2) is 45.5 Å². The van der Waals surface area contributed by atoms with E-state index in [1.807, 2.05) is 6.07 Å². The van der Waals surface area contributed by atoms with E-state index in [-0.39, 0.29) is 5.91 Å². The van der Waals surface area contributed by atoms with Crippen molar-refractivity contribution in [2.45, 2.75) is 32.9 Å². The van der Waals surface area contributed by atoms with Gasteiger partial charge in [-0.15, -0.1) is 0 Å². The Morgan fingerprint density at radius 2 is 2.08 bits per heavy atom. The van der Waals surface area contributed by atoms with Crippen LogP contribution in [0.1, 0.15) is 41.4 Å². The van der Waals surface area contributed by atoms with E-state index in [1.165, 1.54) is 18.4 Å². The van der Waals surface area contributed by atoms with Crippen molar-refractivity contribution in [1.82, 2.24) is 10.2 Å². The van der Waals surface area contributed by atoms with E-state index >= 15 is 0 Å². The van der Waals surface area contributed by atoms with E-state index in [0.717, 1.165) is 31.1 Å². The number of nitrogens with zero attached hydrogens (tertiary/aromatic N) is 1. The second-order valence-corrected chi connectivity index (χ2v) is 7.32. The lowest BCUT2D eigenvalue weighted by molar-refractivity contribution is 0.0921. The van der Waals surface area contributed by atoms with Gasteiger partial charge in [0.25, 0.3) is 5.91 Å². The van der Waals surface area contributed by atoms with Crippen LogP contribution in [0.25, 0.3) is 0 Å². The predicted molar refractivity (Wildman–Crippen MR) is 97.7 cm³/mol. The lowest BCUT2D eigenvalue weighted by atomic mass is 9.99. The van der Waals surface area contributed by atoms with Crippen LogP contribution in [0, 0.1) is 5.92 Å². The minimum Gasteiger partial charge on any atom is -0.444 e. The number of hydrogen-bond acceptors (Lipinski definition) is 3. The molecule has 128 valence electrons. The molecule has 1 fully saturated rings. The van der Waals surface area contributed by atoms with Crippen molar-refractivity contribution in [2.24, 2.45) is 5.92 Å². The number of rotatable bonds is 5. The number of carbonyl (C=O) groups is 1. The van der Waals surface area contributed by atoms with E-state index < -0.39 is 0 Å². The van der Waals surface area contributed by atoms with Crippen LogP contribution in [0.5, 0.6) is 0 Å². The highest BCUT2D eigenvalue weighted by molar-refractivity contribution is 9.10. The molecular weight excluding hydrogens is 368 g/mol. The van der Waals surface area contributed by atoms with E-state index in [2.05, 4.69) is 51.3 Å². The number of carbonyl (C=O) groups excluding carboxylic acids is 1. The Bertz CT molecular complexity index is 698. The van der Waals surface area contributed by atoms with Crippen LogP contribution in [0.4, 0.5) is 0 Å². The Hall–Kier alpha value is -1.59. The molecule has 4 nitrogen and oxygen atoms in total. The minimum atomic E-state index is -0.193. The summed E-state index contributed by atoms with van der Waals surface area (Å²) < 4.78 is 5.86. The van der Waals surface area contributed by atoms with Gasteiger partial charge in [0.2, 0.25) is 0 Å². The molecule has 24 heavy (non-hydrogen) atoms. The third-order valence-corrected chi connectivity index (χ3v) is 4.92. The van der Waals surface area contributed by atoms with Crippen molar-refractivity contribution in [1.29, 1.82) is 0 Å². The molecule has 1 unspecified atom stereocenters. The van der Waals surface area contributed by atoms with E-state index in [0.29, 0.717) is 17.0 Å². The number of halogens is 1. The van der Waals surface area contributed by atoms with Gasteiger partial charge in [0.15, 0.2) is 10.4 Å². The molecule has 1 amide bonds. The number of hydrogen-bond donors (Lipinski definition) is 1. The van der Waals surface area contributed by atoms with Gasteiger partial charge in [0.1, 0.15) is 0 Å². The highest BCUT2D eigenvalue weighted by atomic mass is 79.9. The van der Waals surface area contributed by atoms with Gasteiger partial charge in [0, 0.05) is 19.6 Å². The minimum absolute atomic E-state index is 0.193. The molecule has 0 aliphatic carbocycles. The van der Waals surface area contributed by atoms with E-state index in [1.54, 1.807) is 12.1 Å². The largest absolute Gasteiger partial charge is 0.444 e. The Balaban J connectivity index is 1.62. The van der Waals surface area contributed by atoms with Crippen molar-refractivity contribution < 1.29 is 9.21 Å². The Morgan fingerprint density at radius 1 is 1.29 bits per heavy atom. The molecule has 1 aliphatic heterocycles. The van der Waals surface area contributed by atoms with Gasteiger partial charge in [-0.3, -0.25) is 9.69 Å². The van der Waals surface area contributed by atoms with Gasteiger partial charge >= 0.3 is 0 Å². The van der Waals surface area contributed by atoms with Crippen molar-refractivity contribution in [3.8, 4) is 0 Å². The zero-order valence-corrected chi connectivity index (χ0v) is 15.5. The average Bonchev–Trinajstić information content (AvgIpc) is 3.00. The molecule has 0 radical (unpaired) electrons. The van der Waals surface area contributed by atoms with Crippen molar-refractivity contribution >= 4 is 21.8 Å². The summed E-state index contributed by atoms with van der Waals surface area (Å²) in [5.74, 6) is 0.898. The average molecular weight is 391 g/mol. The standard InChI is InChI=1S/C19H23BrN2O2/c1-14-5-4-10-22(12-14)13-16-7-3-2-6-15(16)11-21-19(23)17-8-9-18(20)24-17/h2-3,6-9,14H,4-5,10-13H2,1H3,(H,21,23). The number of piperidine rings is 1. The summed E-state index contributed by atoms with van der Waals surface area (Å²) in [7, 11) is 0. The first-order valence-corrected chi connectivity index (χ1v) is 9.24. The van der Waals surface area contributed by atoms with E-state index in [9.17, 15) is 4.79 Å². The van der Waals surface area contributed by atoms with Crippen LogP contribution in [-0.4, -0.2) is 23.9 Å². The molecule has 3 rings (SSSR count). The highest BCUT2D eigenvalue weighted by Gasteiger charge is 2.17. The molecule has 0 saturated carbocycles. The van der Waals surface area contributed by atoms with Gasteiger partial charge in [-0.1, -0.05) is 31.2 Å². The first-order chi connectivity index (χ1) is 11.6. The fourth-order valence-electron chi connectivity index (χ4n) is 3.25. The Morgan fingerprint density at radius 3 is 2.79 bits per heavy atom. The second-order valence-electron chi connectivity index (χ2n) is 6.54. The third-order valence-electron chi connectivity index (χ3n) is 4.49.